The van der Waals surface area contributed by atoms with E-state index in [1.807, 2.05) is 0 Å². The van der Waals surface area contributed by atoms with E-state index in [9.17, 15) is 13.2 Å². The lowest BCUT2D eigenvalue weighted by molar-refractivity contribution is 0.0656. The predicted molar refractivity (Wildman–Crippen MR) is 75.6 cm³/mol. The zero-order valence-electron chi connectivity index (χ0n) is 9.63. The number of benzene rings is 1. The van der Waals surface area contributed by atoms with Crippen molar-refractivity contribution in [2.45, 2.75) is 5.09 Å². The molecule has 1 heterocycles. The van der Waals surface area contributed by atoms with Gasteiger partial charge in [-0.25, -0.2) is 4.79 Å². The number of sulfonamides is 1. The summed E-state index contributed by atoms with van der Waals surface area (Å²) in [5.41, 5.74) is 0.214. The lowest BCUT2D eigenvalue weighted by Gasteiger charge is -2.08. The Morgan fingerprint density at radius 2 is 2.00 bits per heavy atom. The summed E-state index contributed by atoms with van der Waals surface area (Å²) in [6, 6.07) is 6.76. The molecule has 106 valence electrons. The first-order valence-electron chi connectivity index (χ1n) is 5.11. The van der Waals surface area contributed by atoms with Crippen LogP contribution in [0, 0.1) is 0 Å². The Morgan fingerprint density at radius 1 is 1.30 bits per heavy atom. The minimum atomic E-state index is -4.03. The van der Waals surface area contributed by atoms with Crippen LogP contribution in [0.4, 0.5) is 5.69 Å². The number of nitrogens with one attached hydrogen (secondary N) is 1. The molecule has 0 bridgehead atoms. The third kappa shape index (κ3) is 2.97. The first kappa shape index (κ1) is 14.9. The Bertz CT molecular complexity index is 771. The third-order valence-electron chi connectivity index (χ3n) is 2.25. The van der Waals surface area contributed by atoms with E-state index in [0.717, 1.165) is 12.1 Å². The first-order valence-corrected chi connectivity index (χ1v) is 7.76. The van der Waals surface area contributed by atoms with E-state index in [-0.39, 0.29) is 5.69 Å². The van der Waals surface area contributed by atoms with Crippen LogP contribution >= 0.6 is 27.5 Å². The van der Waals surface area contributed by atoms with Crippen LogP contribution in [-0.4, -0.2) is 19.5 Å². The van der Waals surface area contributed by atoms with Crippen molar-refractivity contribution in [3.63, 3.8) is 0 Å². The first-order chi connectivity index (χ1) is 9.31. The molecule has 0 aliphatic carbocycles. The Morgan fingerprint density at radius 3 is 2.60 bits per heavy atom. The summed E-state index contributed by atoms with van der Waals surface area (Å²) in [5, 5.41) is 8.53. The summed E-state index contributed by atoms with van der Waals surface area (Å²) >= 11 is 9.00. The molecule has 9 heteroatoms. The molecule has 6 nitrogen and oxygen atoms in total. The fourth-order valence-corrected chi connectivity index (χ4v) is 3.03. The van der Waals surface area contributed by atoms with Gasteiger partial charge in [0.25, 0.3) is 10.0 Å². The van der Waals surface area contributed by atoms with E-state index in [1.54, 1.807) is 12.1 Å². The second-order valence-corrected chi connectivity index (χ2v) is 6.44. The van der Waals surface area contributed by atoms with Crippen molar-refractivity contribution in [2.75, 3.05) is 4.72 Å². The van der Waals surface area contributed by atoms with Crippen molar-refractivity contribution in [1.82, 2.24) is 0 Å². The van der Waals surface area contributed by atoms with Crippen molar-refractivity contribution in [2.24, 2.45) is 0 Å². The monoisotopic (exact) mass is 379 g/mol. The van der Waals surface area contributed by atoms with Gasteiger partial charge in [-0.15, -0.1) is 0 Å². The van der Waals surface area contributed by atoms with Gasteiger partial charge in [-0.3, -0.25) is 4.72 Å². The van der Waals surface area contributed by atoms with E-state index >= 15 is 0 Å². The van der Waals surface area contributed by atoms with E-state index in [0.29, 0.717) is 9.50 Å². The Hall–Kier alpha value is -1.51. The van der Waals surface area contributed by atoms with Gasteiger partial charge in [0.2, 0.25) is 10.9 Å². The van der Waals surface area contributed by atoms with Gasteiger partial charge in [0.15, 0.2) is 0 Å². The van der Waals surface area contributed by atoms with Crippen LogP contribution in [0.15, 0.2) is 44.3 Å². The molecule has 0 spiro atoms. The molecule has 0 saturated carbocycles. The number of hydrogen-bond acceptors (Lipinski definition) is 4. The molecule has 1 aromatic carbocycles. The summed E-state index contributed by atoms with van der Waals surface area (Å²) in [6.45, 7) is 0. The van der Waals surface area contributed by atoms with Crippen molar-refractivity contribution >= 4 is 49.2 Å². The molecule has 0 amide bonds. The number of hydrogen-bond donors (Lipinski definition) is 2. The predicted octanol–water partition coefficient (Wildman–Crippen LogP) is 3.19. The number of carbonyl (C=O) groups is 1. The topological polar surface area (TPSA) is 96.6 Å². The van der Waals surface area contributed by atoms with Gasteiger partial charge in [0.05, 0.1) is 15.2 Å². The highest BCUT2D eigenvalue weighted by molar-refractivity contribution is 9.10. The smallest absolute Gasteiger partial charge is 0.371 e. The average Bonchev–Trinajstić information content (AvgIpc) is 2.85. The summed E-state index contributed by atoms with van der Waals surface area (Å²) in [6.07, 6.45) is 0. The molecule has 2 N–H and O–H groups in total. The van der Waals surface area contributed by atoms with Gasteiger partial charge in [0, 0.05) is 0 Å². The second kappa shape index (κ2) is 5.47. The summed E-state index contributed by atoms with van der Waals surface area (Å²) in [7, 11) is -4.03. The van der Waals surface area contributed by atoms with Crippen LogP contribution in [0.3, 0.4) is 0 Å². The molecule has 20 heavy (non-hydrogen) atoms. The maximum Gasteiger partial charge on any atom is 0.371 e. The zero-order valence-corrected chi connectivity index (χ0v) is 12.8. The van der Waals surface area contributed by atoms with Gasteiger partial charge < -0.3 is 9.52 Å². The van der Waals surface area contributed by atoms with Crippen molar-refractivity contribution in [3.8, 4) is 0 Å². The van der Waals surface area contributed by atoms with Crippen LogP contribution < -0.4 is 4.72 Å². The Labute approximate surface area is 127 Å². The molecule has 1 aromatic heterocycles. The highest BCUT2D eigenvalue weighted by atomic mass is 79.9. The summed E-state index contributed by atoms with van der Waals surface area (Å²) in [4.78, 5) is 10.7. The number of anilines is 1. The number of furan rings is 1. The number of aromatic carboxylic acids is 1. The summed E-state index contributed by atoms with van der Waals surface area (Å²) in [5.74, 6) is -1.81. The molecule has 0 radical (unpaired) electrons. The minimum Gasteiger partial charge on any atom is -0.475 e. The number of carboxylic acids is 1. The molecule has 0 unspecified atom stereocenters. The lowest BCUT2D eigenvalue weighted by atomic mass is 10.3. The fraction of sp³-hybridized carbons (Fsp3) is 0. The Kier molecular flexibility index (Phi) is 4.07. The number of rotatable bonds is 4. The Balaban J connectivity index is 2.35. The van der Waals surface area contributed by atoms with E-state index < -0.39 is 26.8 Å². The van der Waals surface area contributed by atoms with Crippen molar-refractivity contribution in [1.29, 1.82) is 0 Å². The van der Waals surface area contributed by atoms with Crippen molar-refractivity contribution < 1.29 is 22.7 Å². The molecular weight excluding hydrogens is 374 g/mol. The maximum atomic E-state index is 12.0. The number of halogens is 2. The highest BCUT2D eigenvalue weighted by Crippen LogP contribution is 2.31. The van der Waals surface area contributed by atoms with Crippen molar-refractivity contribution in [3.05, 3.63) is 45.6 Å². The van der Waals surface area contributed by atoms with Crippen LogP contribution in [-0.2, 0) is 10.0 Å². The molecule has 0 fully saturated rings. The van der Waals surface area contributed by atoms with E-state index in [2.05, 4.69) is 20.7 Å². The normalized spacial score (nSPS) is 11.3. The maximum absolute atomic E-state index is 12.0. The standard InChI is InChI=1S/C11H7BrClNO5S/c12-10-6(13)2-1-3-7(10)14-20(17,18)9-5-4-8(19-9)11(15)16/h1-5,14H,(H,15,16). The third-order valence-corrected chi connectivity index (χ3v) is 4.89. The average molecular weight is 381 g/mol. The van der Waals surface area contributed by atoms with Gasteiger partial charge in [-0.1, -0.05) is 17.7 Å². The largest absolute Gasteiger partial charge is 0.475 e. The quantitative estimate of drug-likeness (QED) is 0.849. The van der Waals surface area contributed by atoms with Gasteiger partial charge in [-0.2, -0.15) is 8.42 Å². The van der Waals surface area contributed by atoms with E-state index in [4.69, 9.17) is 21.1 Å². The lowest BCUT2D eigenvalue weighted by Crippen LogP contribution is -2.12. The molecule has 2 rings (SSSR count). The van der Waals surface area contributed by atoms with Crippen LogP contribution in [0.2, 0.25) is 5.02 Å². The van der Waals surface area contributed by atoms with Crippen LogP contribution in [0.5, 0.6) is 0 Å². The molecular formula is C11H7BrClNO5S. The van der Waals surface area contributed by atoms with Gasteiger partial charge >= 0.3 is 5.97 Å². The van der Waals surface area contributed by atoms with Gasteiger partial charge in [0.1, 0.15) is 0 Å². The highest BCUT2D eigenvalue weighted by Gasteiger charge is 2.22. The molecule has 2 aromatic rings. The van der Waals surface area contributed by atoms with Crippen LogP contribution in [0.25, 0.3) is 0 Å². The molecule has 0 saturated heterocycles. The minimum absolute atomic E-state index is 0.214. The SMILES string of the molecule is O=C(O)c1ccc(S(=O)(=O)Nc2cccc(Cl)c2Br)o1. The molecule has 0 aliphatic rings. The second-order valence-electron chi connectivity index (χ2n) is 3.63. The van der Waals surface area contributed by atoms with Gasteiger partial charge in [-0.05, 0) is 40.2 Å². The molecule has 0 aliphatic heterocycles. The zero-order chi connectivity index (χ0) is 14.9. The fourth-order valence-electron chi connectivity index (χ4n) is 1.36. The van der Waals surface area contributed by atoms with Crippen LogP contribution in [0.1, 0.15) is 10.6 Å². The number of carboxylic acid groups (broad SMARTS) is 1. The van der Waals surface area contributed by atoms with E-state index in [1.165, 1.54) is 6.07 Å². The summed E-state index contributed by atoms with van der Waals surface area (Å²) < 4.78 is 31.5. The molecule has 0 atom stereocenters.